The van der Waals surface area contributed by atoms with Crippen molar-refractivity contribution in [1.29, 1.82) is 0 Å². The van der Waals surface area contributed by atoms with Crippen molar-refractivity contribution in [2.24, 2.45) is 0 Å². The normalized spacial score (nSPS) is 29.1. The molecule has 0 N–H and O–H groups in total. The molecular weight excluding hydrogens is 216 g/mol. The van der Waals surface area contributed by atoms with Gasteiger partial charge in [-0.25, -0.2) is 0 Å². The lowest BCUT2D eigenvalue weighted by atomic mass is 10.1. The maximum absolute atomic E-state index is 6.17. The first-order chi connectivity index (χ1) is 7.47. The SMILES string of the molecule is CO[C@@]1(O[Si](C)(C)C)C[C@@H]1c1ccccc1. The molecule has 88 valence electrons. The van der Waals surface area contributed by atoms with Crippen LogP contribution in [0.15, 0.2) is 30.3 Å². The zero-order valence-corrected chi connectivity index (χ0v) is 11.5. The van der Waals surface area contributed by atoms with Crippen LogP contribution in [0.1, 0.15) is 17.9 Å². The molecule has 0 aromatic heterocycles. The Morgan fingerprint density at radius 1 is 1.19 bits per heavy atom. The molecule has 1 aliphatic carbocycles. The van der Waals surface area contributed by atoms with E-state index in [0.29, 0.717) is 5.92 Å². The van der Waals surface area contributed by atoms with Gasteiger partial charge in [-0.05, 0) is 25.2 Å². The van der Waals surface area contributed by atoms with Crippen LogP contribution in [0.5, 0.6) is 0 Å². The van der Waals surface area contributed by atoms with Crippen LogP contribution in [0.3, 0.4) is 0 Å². The molecule has 0 bridgehead atoms. The maximum atomic E-state index is 6.17. The predicted molar refractivity (Wildman–Crippen MR) is 68.0 cm³/mol. The summed E-state index contributed by atoms with van der Waals surface area (Å²) in [6, 6.07) is 10.5. The third kappa shape index (κ3) is 2.37. The van der Waals surface area contributed by atoms with Crippen LogP contribution in [-0.2, 0) is 9.16 Å². The van der Waals surface area contributed by atoms with Crippen LogP contribution in [0.2, 0.25) is 19.6 Å². The summed E-state index contributed by atoms with van der Waals surface area (Å²) in [5, 5.41) is 0. The molecule has 1 aliphatic rings. The van der Waals surface area contributed by atoms with E-state index < -0.39 is 8.32 Å². The van der Waals surface area contributed by atoms with E-state index in [1.165, 1.54) is 5.56 Å². The van der Waals surface area contributed by atoms with E-state index in [1.807, 2.05) is 6.07 Å². The summed E-state index contributed by atoms with van der Waals surface area (Å²) in [6.07, 6.45) is 0.984. The van der Waals surface area contributed by atoms with Crippen molar-refractivity contribution in [3.63, 3.8) is 0 Å². The predicted octanol–water partition coefficient (Wildman–Crippen LogP) is 3.37. The summed E-state index contributed by atoms with van der Waals surface area (Å²) in [4.78, 5) is 0. The van der Waals surface area contributed by atoms with Crippen LogP contribution in [0.4, 0.5) is 0 Å². The smallest absolute Gasteiger partial charge is 0.187 e. The van der Waals surface area contributed by atoms with E-state index in [9.17, 15) is 0 Å². The zero-order valence-electron chi connectivity index (χ0n) is 10.5. The summed E-state index contributed by atoms with van der Waals surface area (Å²) in [5.41, 5.74) is 1.32. The van der Waals surface area contributed by atoms with E-state index >= 15 is 0 Å². The van der Waals surface area contributed by atoms with Crippen molar-refractivity contribution in [3.8, 4) is 0 Å². The Hall–Kier alpha value is -0.643. The van der Waals surface area contributed by atoms with Gasteiger partial charge in [0.25, 0.3) is 0 Å². The second kappa shape index (κ2) is 3.98. The number of hydrogen-bond acceptors (Lipinski definition) is 2. The number of hydrogen-bond donors (Lipinski definition) is 0. The third-order valence-corrected chi connectivity index (χ3v) is 3.84. The second-order valence-corrected chi connectivity index (χ2v) is 9.83. The van der Waals surface area contributed by atoms with Crippen LogP contribution >= 0.6 is 0 Å². The molecule has 1 fully saturated rings. The van der Waals surface area contributed by atoms with Gasteiger partial charge in [0, 0.05) is 19.4 Å². The van der Waals surface area contributed by atoms with E-state index in [4.69, 9.17) is 9.16 Å². The minimum Gasteiger partial charge on any atom is -0.390 e. The highest BCUT2D eigenvalue weighted by Crippen LogP contribution is 2.55. The van der Waals surface area contributed by atoms with Crippen molar-refractivity contribution >= 4 is 8.32 Å². The summed E-state index contributed by atoms with van der Waals surface area (Å²) < 4.78 is 11.8. The topological polar surface area (TPSA) is 18.5 Å². The lowest BCUT2D eigenvalue weighted by molar-refractivity contribution is -0.0904. The van der Waals surface area contributed by atoms with Crippen molar-refractivity contribution in [2.75, 3.05) is 7.11 Å². The molecule has 0 saturated heterocycles. The van der Waals surface area contributed by atoms with Gasteiger partial charge < -0.3 is 9.16 Å². The minimum atomic E-state index is -1.55. The molecule has 0 radical (unpaired) electrons. The monoisotopic (exact) mass is 236 g/mol. The molecule has 1 aromatic rings. The fourth-order valence-electron chi connectivity index (χ4n) is 2.18. The van der Waals surface area contributed by atoms with E-state index in [0.717, 1.165) is 6.42 Å². The minimum absolute atomic E-state index is 0.341. The molecule has 0 unspecified atom stereocenters. The molecule has 3 heteroatoms. The second-order valence-electron chi connectivity index (χ2n) is 5.40. The number of benzene rings is 1. The van der Waals surface area contributed by atoms with Crippen molar-refractivity contribution in [2.45, 2.75) is 37.8 Å². The zero-order chi connectivity index (χ0) is 11.8. The van der Waals surface area contributed by atoms with E-state index in [2.05, 4.69) is 43.9 Å². The van der Waals surface area contributed by atoms with Gasteiger partial charge >= 0.3 is 0 Å². The average molecular weight is 236 g/mol. The highest BCUT2D eigenvalue weighted by Gasteiger charge is 2.58. The van der Waals surface area contributed by atoms with Gasteiger partial charge in [0.2, 0.25) is 0 Å². The summed E-state index contributed by atoms with van der Waals surface area (Å²) in [7, 11) is 0.202. The molecule has 0 spiro atoms. The third-order valence-electron chi connectivity index (χ3n) is 2.89. The molecular formula is C13H20O2Si. The van der Waals surface area contributed by atoms with Crippen molar-refractivity contribution < 1.29 is 9.16 Å². The molecule has 2 atom stereocenters. The van der Waals surface area contributed by atoms with Gasteiger partial charge in [0.05, 0.1) is 0 Å². The molecule has 1 aromatic carbocycles. The fourth-order valence-corrected chi connectivity index (χ4v) is 3.53. The Labute approximate surface area is 98.7 Å². The first-order valence-electron chi connectivity index (χ1n) is 5.77. The Morgan fingerprint density at radius 2 is 1.81 bits per heavy atom. The lowest BCUT2D eigenvalue weighted by Gasteiger charge is -2.26. The lowest BCUT2D eigenvalue weighted by Crippen LogP contribution is -2.35. The van der Waals surface area contributed by atoms with Crippen LogP contribution < -0.4 is 0 Å². The first kappa shape index (κ1) is 11.8. The van der Waals surface area contributed by atoms with Crippen LogP contribution in [0, 0.1) is 0 Å². The van der Waals surface area contributed by atoms with E-state index in [1.54, 1.807) is 7.11 Å². The maximum Gasteiger partial charge on any atom is 0.187 e. The molecule has 0 heterocycles. The molecule has 0 aliphatic heterocycles. The Bertz CT molecular complexity index is 358. The highest BCUT2D eigenvalue weighted by molar-refractivity contribution is 6.69. The van der Waals surface area contributed by atoms with Gasteiger partial charge in [-0.1, -0.05) is 30.3 Å². The van der Waals surface area contributed by atoms with E-state index in [-0.39, 0.29) is 5.79 Å². The quantitative estimate of drug-likeness (QED) is 0.589. The van der Waals surface area contributed by atoms with Gasteiger partial charge in [-0.3, -0.25) is 0 Å². The van der Waals surface area contributed by atoms with Gasteiger partial charge in [0.15, 0.2) is 14.1 Å². The standard InChI is InChI=1S/C13H20O2Si/c1-14-13(15-16(2,3)4)10-12(13)11-8-6-5-7-9-11/h5-9,12H,10H2,1-4H3/t12-,13-/m1/s1. The Morgan fingerprint density at radius 3 is 2.31 bits per heavy atom. The van der Waals surface area contributed by atoms with Gasteiger partial charge in [-0.2, -0.15) is 0 Å². The fraction of sp³-hybridized carbons (Fsp3) is 0.538. The average Bonchev–Trinajstić information content (AvgIpc) is 2.92. The molecule has 1 saturated carbocycles. The number of methoxy groups -OCH3 is 1. The number of rotatable bonds is 4. The summed E-state index contributed by atoms with van der Waals surface area (Å²) >= 11 is 0. The van der Waals surface area contributed by atoms with Crippen LogP contribution in [-0.4, -0.2) is 21.2 Å². The summed E-state index contributed by atoms with van der Waals surface area (Å²) in [6.45, 7) is 6.61. The van der Waals surface area contributed by atoms with Crippen LogP contribution in [0.25, 0.3) is 0 Å². The van der Waals surface area contributed by atoms with Crippen molar-refractivity contribution in [3.05, 3.63) is 35.9 Å². The first-order valence-corrected chi connectivity index (χ1v) is 9.18. The molecule has 0 amide bonds. The number of ether oxygens (including phenoxy) is 1. The highest BCUT2D eigenvalue weighted by atomic mass is 28.4. The van der Waals surface area contributed by atoms with Crippen molar-refractivity contribution in [1.82, 2.24) is 0 Å². The molecule has 2 nitrogen and oxygen atoms in total. The Kier molecular flexibility index (Phi) is 2.95. The largest absolute Gasteiger partial charge is 0.390 e. The van der Waals surface area contributed by atoms with Gasteiger partial charge in [0.1, 0.15) is 0 Å². The molecule has 2 rings (SSSR count). The Balaban J connectivity index is 2.12. The van der Waals surface area contributed by atoms with Gasteiger partial charge in [-0.15, -0.1) is 0 Å². The molecule has 16 heavy (non-hydrogen) atoms. The summed E-state index contributed by atoms with van der Waals surface area (Å²) in [5.74, 6) is 0.0664.